The van der Waals surface area contributed by atoms with Crippen LogP contribution in [0.5, 0.6) is 0 Å². The topological polar surface area (TPSA) is 46.5 Å². The Kier molecular flexibility index (Phi) is 4.10. The maximum Gasteiger partial charge on any atom is 0.315 e. The van der Waals surface area contributed by atoms with Gasteiger partial charge in [-0.2, -0.15) is 0 Å². The highest BCUT2D eigenvalue weighted by Gasteiger charge is 2.21. The molecule has 0 aliphatic carbocycles. The van der Waals surface area contributed by atoms with E-state index in [1.807, 2.05) is 18.2 Å². The number of hydrogen-bond donors (Lipinski definition) is 1. The Morgan fingerprint density at radius 3 is 2.71 bits per heavy atom. The van der Waals surface area contributed by atoms with E-state index in [1.165, 1.54) is 7.11 Å². The molecule has 0 bridgehead atoms. The lowest BCUT2D eigenvalue weighted by Gasteiger charge is -2.13. The van der Waals surface area contributed by atoms with Crippen LogP contribution in [0.2, 0.25) is 0 Å². The van der Waals surface area contributed by atoms with E-state index in [0.717, 1.165) is 10.0 Å². The Balaban J connectivity index is 3.01. The molecule has 0 aromatic heterocycles. The second-order valence-corrected chi connectivity index (χ2v) is 3.63. The Labute approximate surface area is 90.8 Å². The van der Waals surface area contributed by atoms with E-state index >= 15 is 0 Å². The van der Waals surface area contributed by atoms with E-state index in [-0.39, 0.29) is 6.61 Å². The fraction of sp³-hybridized carbons (Fsp3) is 0.300. The van der Waals surface area contributed by atoms with Crippen LogP contribution in [0.25, 0.3) is 0 Å². The standard InChI is InChI=1S/C10H11BrO3/c1-14-10(13)8(6-12)7-4-2-3-5-9(7)11/h2-5,8,12H,6H2,1H3. The third kappa shape index (κ3) is 2.33. The fourth-order valence-corrected chi connectivity index (χ4v) is 1.76. The first-order valence-corrected chi connectivity index (χ1v) is 4.93. The van der Waals surface area contributed by atoms with E-state index in [0.29, 0.717) is 0 Å². The minimum atomic E-state index is -0.615. The predicted octanol–water partition coefficient (Wildman–Crippen LogP) is 1.70. The molecular weight excluding hydrogens is 248 g/mol. The molecule has 1 rings (SSSR count). The van der Waals surface area contributed by atoms with Crippen LogP contribution in [0.3, 0.4) is 0 Å². The molecule has 1 N–H and O–H groups in total. The smallest absolute Gasteiger partial charge is 0.315 e. The van der Waals surface area contributed by atoms with Crippen molar-refractivity contribution in [2.75, 3.05) is 13.7 Å². The molecule has 0 amide bonds. The van der Waals surface area contributed by atoms with Crippen LogP contribution in [0, 0.1) is 0 Å². The van der Waals surface area contributed by atoms with Crippen molar-refractivity contribution in [1.29, 1.82) is 0 Å². The van der Waals surface area contributed by atoms with Crippen LogP contribution in [-0.4, -0.2) is 24.8 Å². The van der Waals surface area contributed by atoms with Gasteiger partial charge in [-0.15, -0.1) is 0 Å². The van der Waals surface area contributed by atoms with Gasteiger partial charge >= 0.3 is 5.97 Å². The normalized spacial score (nSPS) is 12.2. The predicted molar refractivity (Wildman–Crippen MR) is 56.0 cm³/mol. The largest absolute Gasteiger partial charge is 0.468 e. The van der Waals surface area contributed by atoms with Gasteiger partial charge in [-0.25, -0.2) is 0 Å². The molecule has 1 atom stereocenters. The van der Waals surface area contributed by atoms with Gasteiger partial charge in [-0.3, -0.25) is 4.79 Å². The number of ether oxygens (including phenoxy) is 1. The van der Waals surface area contributed by atoms with E-state index < -0.39 is 11.9 Å². The molecule has 0 saturated heterocycles. The van der Waals surface area contributed by atoms with E-state index in [2.05, 4.69) is 20.7 Å². The summed E-state index contributed by atoms with van der Waals surface area (Å²) in [4.78, 5) is 11.3. The van der Waals surface area contributed by atoms with Crippen LogP contribution in [0.15, 0.2) is 28.7 Å². The molecule has 0 aliphatic rings. The van der Waals surface area contributed by atoms with Crippen molar-refractivity contribution >= 4 is 21.9 Å². The number of methoxy groups -OCH3 is 1. The number of aliphatic hydroxyl groups excluding tert-OH is 1. The van der Waals surface area contributed by atoms with Crippen LogP contribution >= 0.6 is 15.9 Å². The highest BCUT2D eigenvalue weighted by molar-refractivity contribution is 9.10. The monoisotopic (exact) mass is 258 g/mol. The van der Waals surface area contributed by atoms with Crippen LogP contribution in [0.4, 0.5) is 0 Å². The Morgan fingerprint density at radius 1 is 1.57 bits per heavy atom. The lowest BCUT2D eigenvalue weighted by molar-refractivity contribution is -0.143. The summed E-state index contributed by atoms with van der Waals surface area (Å²) in [5.74, 6) is -1.05. The van der Waals surface area contributed by atoms with E-state index in [1.54, 1.807) is 6.07 Å². The summed E-state index contributed by atoms with van der Waals surface area (Å²) in [7, 11) is 1.31. The SMILES string of the molecule is COC(=O)C(CO)c1ccccc1Br. The summed E-state index contributed by atoms with van der Waals surface area (Å²) >= 11 is 3.32. The maximum atomic E-state index is 11.3. The van der Waals surface area contributed by atoms with Gasteiger partial charge in [0.1, 0.15) is 5.92 Å². The first-order valence-electron chi connectivity index (χ1n) is 4.13. The van der Waals surface area contributed by atoms with Gasteiger partial charge < -0.3 is 9.84 Å². The molecule has 0 spiro atoms. The molecule has 76 valence electrons. The molecular formula is C10H11BrO3. The second-order valence-electron chi connectivity index (χ2n) is 2.78. The number of benzene rings is 1. The maximum absolute atomic E-state index is 11.3. The summed E-state index contributed by atoms with van der Waals surface area (Å²) in [6, 6.07) is 7.26. The molecule has 1 aromatic carbocycles. The summed E-state index contributed by atoms with van der Waals surface area (Å²) < 4.78 is 5.39. The number of carbonyl (C=O) groups excluding carboxylic acids is 1. The Morgan fingerprint density at radius 2 is 2.21 bits per heavy atom. The summed E-state index contributed by atoms with van der Waals surface area (Å²) in [6.45, 7) is -0.255. The van der Waals surface area contributed by atoms with Crippen LogP contribution in [0.1, 0.15) is 11.5 Å². The van der Waals surface area contributed by atoms with Crippen molar-refractivity contribution < 1.29 is 14.6 Å². The average Bonchev–Trinajstić information content (AvgIpc) is 2.21. The fourth-order valence-electron chi connectivity index (χ4n) is 1.20. The quantitative estimate of drug-likeness (QED) is 0.840. The third-order valence-electron chi connectivity index (χ3n) is 1.95. The van der Waals surface area contributed by atoms with Crippen LogP contribution < -0.4 is 0 Å². The van der Waals surface area contributed by atoms with Crippen molar-refractivity contribution in [3.63, 3.8) is 0 Å². The van der Waals surface area contributed by atoms with Gasteiger partial charge in [0.2, 0.25) is 0 Å². The zero-order valence-corrected chi connectivity index (χ0v) is 9.32. The van der Waals surface area contributed by atoms with Gasteiger partial charge in [0, 0.05) is 4.47 Å². The molecule has 0 aliphatic heterocycles. The Hall–Kier alpha value is -0.870. The Bertz CT molecular complexity index is 325. The summed E-state index contributed by atoms with van der Waals surface area (Å²) in [5.41, 5.74) is 0.738. The zero-order valence-electron chi connectivity index (χ0n) is 7.74. The zero-order chi connectivity index (χ0) is 10.6. The van der Waals surface area contributed by atoms with Gasteiger partial charge in [0.25, 0.3) is 0 Å². The van der Waals surface area contributed by atoms with Gasteiger partial charge in [-0.1, -0.05) is 34.1 Å². The molecule has 14 heavy (non-hydrogen) atoms. The highest BCUT2D eigenvalue weighted by Crippen LogP contribution is 2.25. The molecule has 0 fully saturated rings. The van der Waals surface area contributed by atoms with Crippen LogP contribution in [-0.2, 0) is 9.53 Å². The van der Waals surface area contributed by atoms with E-state index in [9.17, 15) is 4.79 Å². The van der Waals surface area contributed by atoms with Crippen molar-refractivity contribution in [1.82, 2.24) is 0 Å². The lowest BCUT2D eigenvalue weighted by atomic mass is 10.0. The first kappa shape index (κ1) is 11.2. The first-order chi connectivity index (χ1) is 6.70. The number of hydrogen-bond acceptors (Lipinski definition) is 3. The van der Waals surface area contributed by atoms with Crippen molar-refractivity contribution in [2.24, 2.45) is 0 Å². The molecule has 1 aromatic rings. The minimum absolute atomic E-state index is 0.255. The number of halogens is 1. The average molecular weight is 259 g/mol. The van der Waals surface area contributed by atoms with Gasteiger partial charge in [0.05, 0.1) is 13.7 Å². The molecule has 3 nitrogen and oxygen atoms in total. The molecule has 4 heteroatoms. The lowest BCUT2D eigenvalue weighted by Crippen LogP contribution is -2.18. The number of aliphatic hydroxyl groups is 1. The molecule has 0 heterocycles. The minimum Gasteiger partial charge on any atom is -0.468 e. The highest BCUT2D eigenvalue weighted by atomic mass is 79.9. The third-order valence-corrected chi connectivity index (χ3v) is 2.67. The van der Waals surface area contributed by atoms with Crippen molar-refractivity contribution in [3.05, 3.63) is 34.3 Å². The number of carbonyl (C=O) groups is 1. The molecule has 0 radical (unpaired) electrons. The second kappa shape index (κ2) is 5.12. The van der Waals surface area contributed by atoms with Gasteiger partial charge in [0.15, 0.2) is 0 Å². The number of esters is 1. The van der Waals surface area contributed by atoms with Gasteiger partial charge in [-0.05, 0) is 11.6 Å². The summed E-state index contributed by atoms with van der Waals surface area (Å²) in [6.07, 6.45) is 0. The number of rotatable bonds is 3. The molecule has 1 unspecified atom stereocenters. The van der Waals surface area contributed by atoms with Crippen molar-refractivity contribution in [2.45, 2.75) is 5.92 Å². The van der Waals surface area contributed by atoms with Crippen molar-refractivity contribution in [3.8, 4) is 0 Å². The summed E-state index contributed by atoms with van der Waals surface area (Å²) in [5, 5.41) is 9.08. The molecule has 0 saturated carbocycles. The van der Waals surface area contributed by atoms with E-state index in [4.69, 9.17) is 5.11 Å².